The average molecular weight is 309 g/mol. The quantitative estimate of drug-likeness (QED) is 0.564. The van der Waals surface area contributed by atoms with E-state index in [0.717, 1.165) is 19.3 Å². The number of hydrogen-bond acceptors (Lipinski definition) is 2. The Bertz CT molecular complexity index is 433. The molecule has 0 atom stereocenters. The van der Waals surface area contributed by atoms with Gasteiger partial charge in [0, 0.05) is 6.07 Å². The molecule has 0 aliphatic heterocycles. The zero-order valence-electron chi connectivity index (χ0n) is 11.3. The zero-order chi connectivity index (χ0) is 13.8. The van der Waals surface area contributed by atoms with Gasteiger partial charge in [0.25, 0.3) is 0 Å². The maximum Gasteiger partial charge on any atom is 0.316 e. The van der Waals surface area contributed by atoms with Crippen LogP contribution in [0.1, 0.15) is 40.0 Å². The fourth-order valence-corrected chi connectivity index (χ4v) is 1.68. The lowest BCUT2D eigenvalue weighted by atomic mass is 9.87. The van der Waals surface area contributed by atoms with Crippen LogP contribution in [0.25, 0.3) is 0 Å². The van der Waals surface area contributed by atoms with Crippen LogP contribution < -0.4 is 4.74 Å². The van der Waals surface area contributed by atoms with Gasteiger partial charge in [0.05, 0.1) is 10.4 Å². The Kier molecular flexibility index (Phi) is 7.38. The summed E-state index contributed by atoms with van der Waals surface area (Å²) in [5.41, 5.74) is -0.545. The smallest absolute Gasteiger partial charge is 0.316 e. The first kappa shape index (κ1) is 18.2. The molecule has 0 radical (unpaired) electrons. The summed E-state index contributed by atoms with van der Waals surface area (Å²) in [7, 11) is 0. The van der Waals surface area contributed by atoms with Gasteiger partial charge in [0.1, 0.15) is 11.6 Å². The molecule has 5 heteroatoms. The van der Waals surface area contributed by atoms with Crippen LogP contribution in [0.3, 0.4) is 0 Å². The van der Waals surface area contributed by atoms with E-state index in [1.165, 1.54) is 18.2 Å². The third-order valence-corrected chi connectivity index (χ3v) is 3.10. The average Bonchev–Trinajstić information content (AvgIpc) is 2.31. The van der Waals surface area contributed by atoms with Crippen molar-refractivity contribution in [2.24, 2.45) is 5.41 Å². The maximum absolute atomic E-state index is 13.0. The van der Waals surface area contributed by atoms with Crippen molar-refractivity contribution in [3.63, 3.8) is 0 Å². The molecule has 108 valence electrons. The molecule has 0 aliphatic carbocycles. The highest BCUT2D eigenvalue weighted by atomic mass is 35.5. The van der Waals surface area contributed by atoms with Gasteiger partial charge < -0.3 is 4.74 Å². The van der Waals surface area contributed by atoms with Crippen LogP contribution in [-0.2, 0) is 4.79 Å². The first-order valence-corrected chi connectivity index (χ1v) is 6.42. The van der Waals surface area contributed by atoms with Crippen molar-refractivity contribution in [3.8, 4) is 5.75 Å². The van der Waals surface area contributed by atoms with E-state index < -0.39 is 11.2 Å². The highest BCUT2D eigenvalue weighted by Gasteiger charge is 2.29. The van der Waals surface area contributed by atoms with Crippen molar-refractivity contribution in [2.45, 2.75) is 40.0 Å². The number of carbonyl (C=O) groups excluding carboxylic acids is 1. The second-order valence-electron chi connectivity index (χ2n) is 4.95. The third kappa shape index (κ3) is 5.37. The van der Waals surface area contributed by atoms with E-state index in [9.17, 15) is 9.18 Å². The first-order valence-electron chi connectivity index (χ1n) is 6.04. The molecule has 0 saturated heterocycles. The van der Waals surface area contributed by atoms with Crippen LogP contribution in [0.5, 0.6) is 5.75 Å². The predicted octanol–water partition coefficient (Wildman–Crippen LogP) is 5.02. The van der Waals surface area contributed by atoms with E-state index in [1.807, 2.05) is 13.8 Å². The number of unbranched alkanes of at least 4 members (excludes halogenated alkanes) is 1. The van der Waals surface area contributed by atoms with E-state index in [4.69, 9.17) is 16.3 Å². The molecule has 0 fully saturated rings. The van der Waals surface area contributed by atoms with Gasteiger partial charge in [-0.3, -0.25) is 4.79 Å². The summed E-state index contributed by atoms with van der Waals surface area (Å²) in [5.74, 6) is -0.573. The number of esters is 1. The number of rotatable bonds is 5. The number of carbonyl (C=O) groups is 1. The van der Waals surface area contributed by atoms with Crippen molar-refractivity contribution in [3.05, 3.63) is 29.0 Å². The Labute approximate surface area is 124 Å². The van der Waals surface area contributed by atoms with Gasteiger partial charge in [-0.05, 0) is 32.4 Å². The lowest BCUT2D eigenvalue weighted by molar-refractivity contribution is -0.144. The van der Waals surface area contributed by atoms with Gasteiger partial charge in [-0.2, -0.15) is 0 Å². The monoisotopic (exact) mass is 308 g/mol. The summed E-state index contributed by atoms with van der Waals surface area (Å²) in [6.07, 6.45) is 2.75. The lowest BCUT2D eigenvalue weighted by Gasteiger charge is -2.22. The molecule has 1 aromatic rings. The Balaban J connectivity index is 0.00000324. The molecule has 2 nitrogen and oxygen atoms in total. The summed E-state index contributed by atoms with van der Waals surface area (Å²) in [6.45, 7) is 5.76. The molecular formula is C14H19Cl2FO2. The molecule has 0 bridgehead atoms. The van der Waals surface area contributed by atoms with Gasteiger partial charge in [0.2, 0.25) is 0 Å². The van der Waals surface area contributed by atoms with Crippen LogP contribution in [0.4, 0.5) is 4.39 Å². The van der Waals surface area contributed by atoms with E-state index in [0.29, 0.717) is 0 Å². The van der Waals surface area contributed by atoms with Crippen LogP contribution in [-0.4, -0.2) is 5.97 Å². The fraction of sp³-hybridized carbons (Fsp3) is 0.500. The van der Waals surface area contributed by atoms with Crippen LogP contribution in [0.2, 0.25) is 5.02 Å². The zero-order valence-corrected chi connectivity index (χ0v) is 12.9. The Morgan fingerprint density at radius 3 is 2.58 bits per heavy atom. The van der Waals surface area contributed by atoms with Crippen molar-refractivity contribution in [1.29, 1.82) is 0 Å². The van der Waals surface area contributed by atoms with Gasteiger partial charge in [-0.25, -0.2) is 4.39 Å². The van der Waals surface area contributed by atoms with Crippen LogP contribution >= 0.6 is 24.0 Å². The Morgan fingerprint density at radius 1 is 1.42 bits per heavy atom. The minimum Gasteiger partial charge on any atom is -0.426 e. The lowest BCUT2D eigenvalue weighted by Crippen LogP contribution is -2.29. The Morgan fingerprint density at radius 2 is 2.05 bits per heavy atom. The SMILES string of the molecule is CCCCC(C)(C)C(=O)Oc1ccc(F)c(Cl)c1.Cl. The molecule has 19 heavy (non-hydrogen) atoms. The van der Waals surface area contributed by atoms with Gasteiger partial charge in [-0.1, -0.05) is 31.4 Å². The van der Waals surface area contributed by atoms with Crippen LogP contribution in [0, 0.1) is 11.2 Å². The fourth-order valence-electron chi connectivity index (χ4n) is 1.51. The molecular weight excluding hydrogens is 290 g/mol. The van der Waals surface area contributed by atoms with E-state index in [-0.39, 0.29) is 29.1 Å². The van der Waals surface area contributed by atoms with Crippen molar-refractivity contribution in [2.75, 3.05) is 0 Å². The molecule has 0 aliphatic rings. The predicted molar refractivity (Wildman–Crippen MR) is 77.6 cm³/mol. The Hall–Kier alpha value is -0.800. The number of benzene rings is 1. The second kappa shape index (κ2) is 7.71. The van der Waals surface area contributed by atoms with Gasteiger partial charge in [0.15, 0.2) is 0 Å². The molecule has 0 heterocycles. The summed E-state index contributed by atoms with van der Waals surface area (Å²) < 4.78 is 18.2. The highest BCUT2D eigenvalue weighted by Crippen LogP contribution is 2.28. The number of hydrogen-bond donors (Lipinski definition) is 0. The van der Waals surface area contributed by atoms with Crippen LogP contribution in [0.15, 0.2) is 18.2 Å². The van der Waals surface area contributed by atoms with Crippen molar-refractivity contribution < 1.29 is 13.9 Å². The summed E-state index contributed by atoms with van der Waals surface area (Å²) in [6, 6.07) is 3.89. The molecule has 0 amide bonds. The molecule has 0 saturated carbocycles. The van der Waals surface area contributed by atoms with Crippen molar-refractivity contribution >= 4 is 30.0 Å². The minimum absolute atomic E-state index is 0. The normalized spacial score (nSPS) is 10.8. The summed E-state index contributed by atoms with van der Waals surface area (Å²) in [5, 5.41) is -0.0494. The molecule has 1 rings (SSSR count). The van der Waals surface area contributed by atoms with E-state index in [1.54, 1.807) is 0 Å². The number of halogens is 3. The summed E-state index contributed by atoms with van der Waals surface area (Å²) >= 11 is 5.63. The molecule has 0 unspecified atom stereocenters. The topological polar surface area (TPSA) is 26.3 Å². The third-order valence-electron chi connectivity index (χ3n) is 2.81. The standard InChI is InChI=1S/C14H18ClFO2.ClH/c1-4-5-8-14(2,3)13(17)18-10-6-7-12(16)11(15)9-10;/h6-7,9H,4-5,8H2,1-3H3;1H. The molecule has 0 spiro atoms. The summed E-state index contributed by atoms with van der Waals surface area (Å²) in [4.78, 5) is 12.0. The highest BCUT2D eigenvalue weighted by molar-refractivity contribution is 6.30. The first-order chi connectivity index (χ1) is 8.36. The molecule has 1 aromatic carbocycles. The van der Waals surface area contributed by atoms with E-state index >= 15 is 0 Å². The minimum atomic E-state index is -0.545. The second-order valence-corrected chi connectivity index (χ2v) is 5.36. The van der Waals surface area contributed by atoms with E-state index in [2.05, 4.69) is 6.92 Å². The van der Waals surface area contributed by atoms with Crippen molar-refractivity contribution in [1.82, 2.24) is 0 Å². The van der Waals surface area contributed by atoms with Gasteiger partial charge in [-0.15, -0.1) is 12.4 Å². The maximum atomic E-state index is 13.0. The molecule has 0 aromatic heterocycles. The number of ether oxygens (including phenoxy) is 1. The largest absolute Gasteiger partial charge is 0.426 e. The molecule has 0 N–H and O–H groups in total. The van der Waals surface area contributed by atoms with Gasteiger partial charge >= 0.3 is 5.97 Å².